The second-order valence-corrected chi connectivity index (χ2v) is 7.39. The van der Waals surface area contributed by atoms with Gasteiger partial charge in [-0.15, -0.1) is 0 Å². The Balaban J connectivity index is 1.91. The summed E-state index contributed by atoms with van der Waals surface area (Å²) < 4.78 is 31.4. The molecule has 2 atom stereocenters. The molecular formula is C15H23N3O4S. The molecule has 1 aromatic carbocycles. The van der Waals surface area contributed by atoms with Crippen LogP contribution in [0.15, 0.2) is 24.3 Å². The van der Waals surface area contributed by atoms with E-state index >= 15 is 0 Å². The summed E-state index contributed by atoms with van der Waals surface area (Å²) in [6, 6.07) is 6.52. The highest BCUT2D eigenvalue weighted by molar-refractivity contribution is 7.92. The van der Waals surface area contributed by atoms with Crippen LogP contribution in [0.25, 0.3) is 0 Å². The zero-order valence-corrected chi connectivity index (χ0v) is 13.9. The zero-order chi connectivity index (χ0) is 16.9. The van der Waals surface area contributed by atoms with Crippen LogP contribution >= 0.6 is 0 Å². The molecule has 0 aromatic heterocycles. The molecule has 1 fully saturated rings. The maximum absolute atomic E-state index is 12.1. The molecule has 8 heteroatoms. The molecule has 1 amide bonds. The lowest BCUT2D eigenvalue weighted by atomic mass is 10.2. The van der Waals surface area contributed by atoms with Gasteiger partial charge in [-0.1, -0.05) is 6.92 Å². The van der Waals surface area contributed by atoms with Crippen LogP contribution < -0.4 is 15.8 Å². The molecule has 23 heavy (non-hydrogen) atoms. The van der Waals surface area contributed by atoms with Gasteiger partial charge in [0.05, 0.1) is 11.9 Å². The number of ether oxygens (including phenoxy) is 1. The lowest BCUT2D eigenvalue weighted by Crippen LogP contribution is -2.29. The van der Waals surface area contributed by atoms with Crippen molar-refractivity contribution >= 4 is 27.3 Å². The molecule has 1 aliphatic heterocycles. The normalized spacial score (nSPS) is 21.1. The van der Waals surface area contributed by atoms with Crippen molar-refractivity contribution in [2.75, 3.05) is 22.3 Å². The fourth-order valence-electron chi connectivity index (χ4n) is 2.42. The topological polar surface area (TPSA) is 111 Å². The molecule has 0 bridgehead atoms. The summed E-state index contributed by atoms with van der Waals surface area (Å²) in [5.41, 5.74) is 6.58. The number of benzene rings is 1. The number of carbonyl (C=O) groups is 1. The standard InChI is InChI=1S/C15H23N3O4S/c1-2-9-23(20,21)18-12-5-3-11(4-6-12)17-15(19)14-8-7-13(10-16)22-14/h3-6,13-14,18H,2,7-10,16H2,1H3,(H,17,19)/t13-,14+/m1/s1. The molecule has 0 aliphatic carbocycles. The van der Waals surface area contributed by atoms with E-state index in [0.29, 0.717) is 30.8 Å². The van der Waals surface area contributed by atoms with Crippen LogP contribution in [0, 0.1) is 0 Å². The Bertz CT molecular complexity index is 631. The number of carbonyl (C=O) groups excluding carboxylic acids is 1. The van der Waals surface area contributed by atoms with Crippen molar-refractivity contribution in [1.82, 2.24) is 0 Å². The van der Waals surface area contributed by atoms with E-state index in [2.05, 4.69) is 10.0 Å². The second kappa shape index (κ2) is 7.76. The fourth-order valence-corrected chi connectivity index (χ4v) is 3.55. The molecule has 1 saturated heterocycles. The molecule has 1 heterocycles. The first kappa shape index (κ1) is 17.7. The van der Waals surface area contributed by atoms with Crippen LogP contribution in [-0.4, -0.2) is 38.8 Å². The van der Waals surface area contributed by atoms with Crippen molar-refractivity contribution in [3.05, 3.63) is 24.3 Å². The van der Waals surface area contributed by atoms with Gasteiger partial charge in [0.1, 0.15) is 6.10 Å². The van der Waals surface area contributed by atoms with Crippen molar-refractivity contribution in [1.29, 1.82) is 0 Å². The van der Waals surface area contributed by atoms with Crippen LogP contribution in [0.2, 0.25) is 0 Å². The summed E-state index contributed by atoms with van der Waals surface area (Å²) in [7, 11) is -3.31. The first-order chi connectivity index (χ1) is 10.9. The third-order valence-corrected chi connectivity index (χ3v) is 5.05. The van der Waals surface area contributed by atoms with Gasteiger partial charge >= 0.3 is 0 Å². The Labute approximate surface area is 136 Å². The summed E-state index contributed by atoms with van der Waals surface area (Å²) in [5.74, 6) is -0.132. The lowest BCUT2D eigenvalue weighted by Gasteiger charge is -2.13. The van der Waals surface area contributed by atoms with Crippen molar-refractivity contribution in [2.45, 2.75) is 38.4 Å². The van der Waals surface area contributed by atoms with Gasteiger partial charge in [-0.3, -0.25) is 9.52 Å². The lowest BCUT2D eigenvalue weighted by molar-refractivity contribution is -0.126. The van der Waals surface area contributed by atoms with Crippen LogP contribution in [0.3, 0.4) is 0 Å². The van der Waals surface area contributed by atoms with Crippen LogP contribution in [0.4, 0.5) is 11.4 Å². The monoisotopic (exact) mass is 341 g/mol. The van der Waals surface area contributed by atoms with Crippen molar-refractivity contribution < 1.29 is 17.9 Å². The number of hydrogen-bond acceptors (Lipinski definition) is 5. The highest BCUT2D eigenvalue weighted by Gasteiger charge is 2.29. The Morgan fingerprint density at radius 3 is 2.48 bits per heavy atom. The average Bonchev–Trinajstić information content (AvgIpc) is 2.98. The zero-order valence-electron chi connectivity index (χ0n) is 13.1. The summed E-state index contributed by atoms with van der Waals surface area (Å²) in [4.78, 5) is 12.1. The number of sulfonamides is 1. The molecule has 7 nitrogen and oxygen atoms in total. The third kappa shape index (κ3) is 5.19. The van der Waals surface area contributed by atoms with Gasteiger partial charge < -0.3 is 15.8 Å². The van der Waals surface area contributed by atoms with E-state index < -0.39 is 16.1 Å². The minimum Gasteiger partial charge on any atom is -0.364 e. The minimum atomic E-state index is -3.31. The minimum absolute atomic E-state index is 0.0545. The predicted octanol–water partition coefficient (Wildman–Crippen LogP) is 1.28. The molecule has 0 unspecified atom stereocenters. The molecule has 0 spiro atoms. The number of nitrogens with two attached hydrogens (primary N) is 1. The van der Waals surface area contributed by atoms with Crippen LogP contribution in [0.1, 0.15) is 26.2 Å². The fraction of sp³-hybridized carbons (Fsp3) is 0.533. The van der Waals surface area contributed by atoms with E-state index in [-0.39, 0.29) is 17.8 Å². The molecule has 0 saturated carbocycles. The van der Waals surface area contributed by atoms with Gasteiger partial charge in [-0.2, -0.15) is 0 Å². The van der Waals surface area contributed by atoms with Gasteiger partial charge in [-0.25, -0.2) is 8.42 Å². The van der Waals surface area contributed by atoms with E-state index in [9.17, 15) is 13.2 Å². The van der Waals surface area contributed by atoms with E-state index in [4.69, 9.17) is 10.5 Å². The summed E-state index contributed by atoms with van der Waals surface area (Å²) in [5, 5.41) is 2.76. The maximum atomic E-state index is 12.1. The highest BCUT2D eigenvalue weighted by Crippen LogP contribution is 2.21. The highest BCUT2D eigenvalue weighted by atomic mass is 32.2. The van der Waals surface area contributed by atoms with E-state index in [0.717, 1.165) is 6.42 Å². The SMILES string of the molecule is CCCS(=O)(=O)Nc1ccc(NC(=O)[C@@H]2CC[C@H](CN)O2)cc1. The van der Waals surface area contributed by atoms with Gasteiger partial charge in [0.25, 0.3) is 5.91 Å². The molecule has 1 aliphatic rings. The number of rotatable bonds is 7. The molecule has 2 rings (SSSR count). The first-order valence-electron chi connectivity index (χ1n) is 7.70. The Morgan fingerprint density at radius 1 is 1.26 bits per heavy atom. The smallest absolute Gasteiger partial charge is 0.253 e. The maximum Gasteiger partial charge on any atom is 0.253 e. The van der Waals surface area contributed by atoms with E-state index in [1.54, 1.807) is 31.2 Å². The van der Waals surface area contributed by atoms with Gasteiger partial charge in [-0.05, 0) is 43.5 Å². The molecule has 128 valence electrons. The van der Waals surface area contributed by atoms with Crippen molar-refractivity contribution in [3.8, 4) is 0 Å². The van der Waals surface area contributed by atoms with E-state index in [1.807, 2.05) is 0 Å². The molecular weight excluding hydrogens is 318 g/mol. The number of hydrogen-bond donors (Lipinski definition) is 3. The van der Waals surface area contributed by atoms with Gasteiger partial charge in [0.15, 0.2) is 0 Å². The van der Waals surface area contributed by atoms with Crippen LogP contribution in [-0.2, 0) is 19.6 Å². The number of anilines is 2. The largest absolute Gasteiger partial charge is 0.364 e. The van der Waals surface area contributed by atoms with Crippen molar-refractivity contribution in [3.63, 3.8) is 0 Å². The summed E-state index contributed by atoms with van der Waals surface area (Å²) in [6.45, 7) is 2.22. The Morgan fingerprint density at radius 2 is 1.91 bits per heavy atom. The predicted molar refractivity (Wildman–Crippen MR) is 89.7 cm³/mol. The van der Waals surface area contributed by atoms with Crippen molar-refractivity contribution in [2.24, 2.45) is 5.73 Å². The number of nitrogens with one attached hydrogen (secondary N) is 2. The van der Waals surface area contributed by atoms with Gasteiger partial charge in [0.2, 0.25) is 10.0 Å². The van der Waals surface area contributed by atoms with Crippen LogP contribution in [0.5, 0.6) is 0 Å². The Hall–Kier alpha value is -1.64. The molecule has 0 radical (unpaired) electrons. The van der Waals surface area contributed by atoms with E-state index in [1.165, 1.54) is 0 Å². The summed E-state index contributed by atoms with van der Waals surface area (Å²) >= 11 is 0. The Kier molecular flexibility index (Phi) is 5.97. The second-order valence-electron chi connectivity index (χ2n) is 5.55. The third-order valence-electron chi connectivity index (χ3n) is 3.56. The van der Waals surface area contributed by atoms with Gasteiger partial charge in [0, 0.05) is 17.9 Å². The molecule has 4 N–H and O–H groups in total. The summed E-state index contributed by atoms with van der Waals surface area (Å²) in [6.07, 6.45) is 1.46. The molecule has 1 aromatic rings. The average molecular weight is 341 g/mol. The number of amides is 1. The first-order valence-corrected chi connectivity index (χ1v) is 9.35. The quantitative estimate of drug-likeness (QED) is 0.692.